The third-order valence-corrected chi connectivity index (χ3v) is 15.3. The van der Waals surface area contributed by atoms with Gasteiger partial charge in [0.05, 0.1) is 39.6 Å². The van der Waals surface area contributed by atoms with E-state index in [2.05, 4.69) is 9.97 Å². The Labute approximate surface area is 285 Å². The number of halogens is 6. The lowest BCUT2D eigenvalue weighted by atomic mass is 9.95. The van der Waals surface area contributed by atoms with Gasteiger partial charge in [-0.2, -0.15) is 26.3 Å². The molecule has 0 saturated heterocycles. The van der Waals surface area contributed by atoms with E-state index >= 15 is 26.3 Å². The number of benzene rings is 2. The maximum Gasteiger partial charge on any atom is 0.380 e. The molecule has 0 amide bonds. The van der Waals surface area contributed by atoms with E-state index in [0.717, 1.165) is 65.8 Å². The molecular formula is C33H16F6N2S6. The van der Waals surface area contributed by atoms with Crippen LogP contribution in [-0.4, -0.2) is 27.7 Å². The van der Waals surface area contributed by atoms with Crippen molar-refractivity contribution in [3.8, 4) is 19.8 Å². The van der Waals surface area contributed by atoms with Crippen LogP contribution < -0.4 is 0 Å². The fourth-order valence-corrected chi connectivity index (χ4v) is 13.3. The van der Waals surface area contributed by atoms with Crippen molar-refractivity contribution in [1.29, 1.82) is 0 Å². The maximum absolute atomic E-state index is 16.1. The van der Waals surface area contributed by atoms with Gasteiger partial charge in [0.25, 0.3) is 0 Å². The molecule has 47 heavy (non-hydrogen) atoms. The molecule has 0 saturated carbocycles. The SMILES string of the molecule is Cc1sc2cc(-c3nc4ccccc4s3)sc2c1C1=C(c2c(C)sc3cc(-c4nc5ccccc5s4)sc23)C(F)(F)C(F)(F)C1(F)F. The van der Waals surface area contributed by atoms with Crippen molar-refractivity contribution in [2.24, 2.45) is 0 Å². The molecule has 2 nitrogen and oxygen atoms in total. The first-order valence-electron chi connectivity index (χ1n) is 14.0. The zero-order valence-corrected chi connectivity index (χ0v) is 28.8. The fourth-order valence-electron chi connectivity index (χ4n) is 6.13. The number of para-hydroxylation sites is 2. The van der Waals surface area contributed by atoms with Gasteiger partial charge in [0.1, 0.15) is 10.0 Å². The lowest BCUT2D eigenvalue weighted by Crippen LogP contribution is -2.48. The van der Waals surface area contributed by atoms with Gasteiger partial charge >= 0.3 is 17.8 Å². The largest absolute Gasteiger partial charge is 0.380 e. The van der Waals surface area contributed by atoms with Crippen molar-refractivity contribution in [3.63, 3.8) is 0 Å². The highest BCUT2D eigenvalue weighted by atomic mass is 32.1. The molecule has 0 N–H and O–H groups in total. The monoisotopic (exact) mass is 746 g/mol. The number of alkyl halides is 6. The van der Waals surface area contributed by atoms with Gasteiger partial charge in [-0.1, -0.05) is 24.3 Å². The minimum Gasteiger partial charge on any atom is -0.235 e. The molecule has 0 spiro atoms. The van der Waals surface area contributed by atoms with Gasteiger partial charge < -0.3 is 0 Å². The van der Waals surface area contributed by atoms with Crippen LogP contribution in [0.25, 0.3) is 70.1 Å². The Kier molecular flexibility index (Phi) is 6.34. The summed E-state index contributed by atoms with van der Waals surface area (Å²) in [6.45, 7) is 3.04. The molecule has 0 fully saturated rings. The van der Waals surface area contributed by atoms with Crippen molar-refractivity contribution in [2.75, 3.05) is 0 Å². The van der Waals surface area contributed by atoms with Crippen LogP contribution in [0.2, 0.25) is 0 Å². The highest BCUT2D eigenvalue weighted by Crippen LogP contribution is 2.68. The van der Waals surface area contributed by atoms with Crippen molar-refractivity contribution < 1.29 is 26.3 Å². The average Bonchev–Trinajstić information content (AvgIpc) is 3.86. The summed E-state index contributed by atoms with van der Waals surface area (Å²) in [5, 5.41) is 1.28. The van der Waals surface area contributed by atoms with Crippen molar-refractivity contribution in [3.05, 3.63) is 81.5 Å². The maximum atomic E-state index is 16.1. The van der Waals surface area contributed by atoms with Crippen LogP contribution in [0, 0.1) is 13.8 Å². The molecule has 6 heterocycles. The zero-order chi connectivity index (χ0) is 32.6. The van der Waals surface area contributed by atoms with Gasteiger partial charge in [-0.05, 0) is 50.2 Å². The molecule has 14 heteroatoms. The highest BCUT2D eigenvalue weighted by Gasteiger charge is 2.80. The Morgan fingerprint density at radius 3 is 1.32 bits per heavy atom. The topological polar surface area (TPSA) is 25.8 Å². The second kappa shape index (κ2) is 9.95. The summed E-state index contributed by atoms with van der Waals surface area (Å²) in [6, 6.07) is 18.6. The number of nitrogens with zero attached hydrogens (tertiary/aromatic N) is 2. The molecule has 6 aromatic heterocycles. The summed E-state index contributed by atoms with van der Waals surface area (Å²) in [5.41, 5.74) is -1.56. The quantitative estimate of drug-likeness (QED) is 0.168. The number of thiophene rings is 4. The molecule has 0 atom stereocenters. The highest BCUT2D eigenvalue weighted by molar-refractivity contribution is 7.33. The third-order valence-electron chi connectivity index (χ3n) is 8.26. The van der Waals surface area contributed by atoms with Crippen LogP contribution in [0.4, 0.5) is 26.3 Å². The number of fused-ring (bicyclic) bond motifs is 4. The summed E-state index contributed by atoms with van der Waals surface area (Å²) in [7, 11) is 0. The molecule has 236 valence electrons. The molecule has 8 aromatic rings. The number of aryl methyl sites for hydroxylation is 2. The van der Waals surface area contributed by atoms with Gasteiger partial charge in [0.15, 0.2) is 0 Å². The van der Waals surface area contributed by atoms with Crippen molar-refractivity contribution in [1.82, 2.24) is 9.97 Å². The second-order valence-electron chi connectivity index (χ2n) is 11.1. The summed E-state index contributed by atoms with van der Waals surface area (Å²) >= 11 is 7.31. The van der Waals surface area contributed by atoms with Crippen LogP contribution in [-0.2, 0) is 0 Å². The number of rotatable bonds is 4. The van der Waals surface area contributed by atoms with E-state index in [1.165, 1.54) is 36.5 Å². The van der Waals surface area contributed by atoms with Crippen LogP contribution >= 0.6 is 68.0 Å². The second-order valence-corrected chi connectivity index (χ2v) is 17.8. The Morgan fingerprint density at radius 2 is 0.915 bits per heavy atom. The molecule has 0 bridgehead atoms. The van der Waals surface area contributed by atoms with Crippen LogP contribution in [0.1, 0.15) is 20.9 Å². The van der Waals surface area contributed by atoms with Gasteiger partial charge in [-0.25, -0.2) is 9.97 Å². The molecule has 2 aromatic carbocycles. The molecule has 1 aliphatic rings. The number of aromatic nitrogens is 2. The summed E-state index contributed by atoms with van der Waals surface area (Å²) in [5.74, 6) is -15.9. The molecule has 9 rings (SSSR count). The lowest BCUT2D eigenvalue weighted by Gasteiger charge is -2.25. The minimum absolute atomic E-state index is 0.249. The number of hydrogen-bond donors (Lipinski definition) is 0. The van der Waals surface area contributed by atoms with E-state index in [-0.39, 0.29) is 30.3 Å². The van der Waals surface area contributed by atoms with Gasteiger partial charge in [-0.3, -0.25) is 0 Å². The molecule has 0 radical (unpaired) electrons. The zero-order valence-electron chi connectivity index (χ0n) is 23.9. The van der Waals surface area contributed by atoms with Crippen molar-refractivity contribution >= 4 is 118 Å². The van der Waals surface area contributed by atoms with E-state index in [1.807, 2.05) is 48.5 Å². The van der Waals surface area contributed by atoms with E-state index in [4.69, 9.17) is 0 Å². The average molecular weight is 747 g/mol. The van der Waals surface area contributed by atoms with Crippen molar-refractivity contribution in [2.45, 2.75) is 31.6 Å². The predicted molar refractivity (Wildman–Crippen MR) is 188 cm³/mol. The van der Waals surface area contributed by atoms with E-state index < -0.39 is 28.9 Å². The molecular weight excluding hydrogens is 731 g/mol. The first kappa shape index (κ1) is 30.0. The Bertz CT molecular complexity index is 2370. The molecule has 0 aliphatic heterocycles. The Balaban J connectivity index is 1.29. The summed E-state index contributed by atoms with van der Waals surface area (Å²) < 4.78 is 98.9. The fraction of sp³-hybridized carbons (Fsp3) is 0.152. The number of hydrogen-bond acceptors (Lipinski definition) is 8. The summed E-state index contributed by atoms with van der Waals surface area (Å²) in [6.07, 6.45) is 0. The smallest absolute Gasteiger partial charge is 0.235 e. The minimum atomic E-state index is -5.65. The third kappa shape index (κ3) is 4.05. The number of allylic oxidation sites excluding steroid dienone is 2. The van der Waals surface area contributed by atoms with Gasteiger partial charge in [0.2, 0.25) is 0 Å². The first-order valence-corrected chi connectivity index (χ1v) is 18.9. The van der Waals surface area contributed by atoms with E-state index in [0.29, 0.717) is 29.2 Å². The standard InChI is InChI=1S/C33H16F6N2S6/c1-13-23(27-19(42-13)11-21(44-27)29-40-15-7-3-5-9-17(15)46-29)25-26(32(36,37)33(38,39)31(25,34)35)24-14(2)43-20-12-22(45-28(20)24)30-41-16-8-4-6-10-18(16)47-30/h3-12H,1-2H3. The van der Waals surface area contributed by atoms with E-state index in [1.54, 1.807) is 12.1 Å². The van der Waals surface area contributed by atoms with E-state index in [9.17, 15) is 0 Å². The molecule has 1 aliphatic carbocycles. The van der Waals surface area contributed by atoms with Crippen LogP contribution in [0.3, 0.4) is 0 Å². The Morgan fingerprint density at radius 1 is 0.511 bits per heavy atom. The van der Waals surface area contributed by atoms with Crippen LogP contribution in [0.15, 0.2) is 60.7 Å². The normalized spacial score (nSPS) is 17.4. The lowest BCUT2D eigenvalue weighted by molar-refractivity contribution is -0.254. The number of thiazole rings is 2. The van der Waals surface area contributed by atoms with Gasteiger partial charge in [-0.15, -0.1) is 68.0 Å². The van der Waals surface area contributed by atoms with Crippen LogP contribution in [0.5, 0.6) is 0 Å². The molecule has 0 unspecified atom stereocenters. The Hall–Kier alpha value is -3.14. The first-order chi connectivity index (χ1) is 22.4. The summed E-state index contributed by atoms with van der Waals surface area (Å²) in [4.78, 5) is 11.2. The van der Waals surface area contributed by atoms with Gasteiger partial charge in [0, 0.05) is 41.4 Å². The predicted octanol–water partition coefficient (Wildman–Crippen LogP) is 13.2.